The van der Waals surface area contributed by atoms with Crippen molar-refractivity contribution in [2.75, 3.05) is 13.7 Å². The summed E-state index contributed by atoms with van der Waals surface area (Å²) in [6.07, 6.45) is 4.99. The molecule has 4 heteroatoms. The number of aryl methyl sites for hydroxylation is 1. The van der Waals surface area contributed by atoms with Crippen LogP contribution in [0.25, 0.3) is 0 Å². The van der Waals surface area contributed by atoms with Gasteiger partial charge in [-0.1, -0.05) is 18.9 Å². The van der Waals surface area contributed by atoms with E-state index < -0.39 is 0 Å². The molecule has 0 bridgehead atoms. The standard InChI is InChI=1S/C20H25NO3/c1-14-11-19(15(2)21(14)16-7-4-5-8-16)20(22)13-24-18-10-6-9-17(12-18)23-3/h6,9-12,16H,4-5,7-8,13H2,1-3H3. The van der Waals surface area contributed by atoms with Gasteiger partial charge in [0, 0.05) is 29.1 Å². The van der Waals surface area contributed by atoms with Gasteiger partial charge in [-0.25, -0.2) is 0 Å². The van der Waals surface area contributed by atoms with Crippen molar-refractivity contribution in [1.82, 2.24) is 4.57 Å². The summed E-state index contributed by atoms with van der Waals surface area (Å²) in [7, 11) is 1.61. The number of carbonyl (C=O) groups is 1. The summed E-state index contributed by atoms with van der Waals surface area (Å²) in [5, 5.41) is 0. The van der Waals surface area contributed by atoms with Gasteiger partial charge in [-0.05, 0) is 44.9 Å². The molecule has 0 amide bonds. The summed E-state index contributed by atoms with van der Waals surface area (Å²) < 4.78 is 13.2. The second kappa shape index (κ2) is 7.12. The van der Waals surface area contributed by atoms with Gasteiger partial charge >= 0.3 is 0 Å². The molecule has 0 radical (unpaired) electrons. The Balaban J connectivity index is 1.72. The molecule has 0 saturated heterocycles. The molecule has 24 heavy (non-hydrogen) atoms. The zero-order valence-electron chi connectivity index (χ0n) is 14.7. The van der Waals surface area contributed by atoms with Crippen LogP contribution in [0.2, 0.25) is 0 Å². The highest BCUT2D eigenvalue weighted by atomic mass is 16.5. The molecule has 1 saturated carbocycles. The van der Waals surface area contributed by atoms with Crippen molar-refractivity contribution < 1.29 is 14.3 Å². The third-order valence-corrected chi connectivity index (χ3v) is 4.89. The highest BCUT2D eigenvalue weighted by molar-refractivity contribution is 5.98. The van der Waals surface area contributed by atoms with E-state index in [2.05, 4.69) is 11.5 Å². The number of ether oxygens (including phenoxy) is 2. The zero-order chi connectivity index (χ0) is 17.1. The first-order chi connectivity index (χ1) is 11.6. The lowest BCUT2D eigenvalue weighted by Gasteiger charge is -2.17. The Hall–Kier alpha value is -2.23. The van der Waals surface area contributed by atoms with Gasteiger partial charge in [0.1, 0.15) is 11.5 Å². The minimum absolute atomic E-state index is 0.0233. The highest BCUT2D eigenvalue weighted by Crippen LogP contribution is 2.33. The molecule has 0 N–H and O–H groups in total. The first kappa shape index (κ1) is 16.6. The average molecular weight is 327 g/mol. The maximum atomic E-state index is 12.6. The fraction of sp³-hybridized carbons (Fsp3) is 0.450. The predicted octanol–water partition coefficient (Wildman–Crippen LogP) is 4.49. The molecule has 1 aromatic carbocycles. The van der Waals surface area contributed by atoms with Crippen molar-refractivity contribution >= 4 is 5.78 Å². The van der Waals surface area contributed by atoms with Crippen molar-refractivity contribution in [3.8, 4) is 11.5 Å². The molecule has 2 aromatic rings. The Bertz CT molecular complexity index is 726. The normalized spacial score (nSPS) is 14.8. The Morgan fingerprint density at radius 1 is 1.17 bits per heavy atom. The summed E-state index contributed by atoms with van der Waals surface area (Å²) in [4.78, 5) is 12.6. The largest absolute Gasteiger partial charge is 0.497 e. The maximum absolute atomic E-state index is 12.6. The first-order valence-electron chi connectivity index (χ1n) is 8.58. The minimum atomic E-state index is 0.0233. The Morgan fingerprint density at radius 3 is 2.58 bits per heavy atom. The van der Waals surface area contributed by atoms with Gasteiger partial charge < -0.3 is 14.0 Å². The van der Waals surface area contributed by atoms with Crippen LogP contribution >= 0.6 is 0 Å². The molecule has 1 fully saturated rings. The third kappa shape index (κ3) is 3.32. The molecule has 0 aliphatic heterocycles. The minimum Gasteiger partial charge on any atom is -0.497 e. The summed E-state index contributed by atoms with van der Waals surface area (Å²) in [6.45, 7) is 4.18. The predicted molar refractivity (Wildman–Crippen MR) is 94.2 cm³/mol. The van der Waals surface area contributed by atoms with Crippen molar-refractivity contribution in [3.05, 3.63) is 47.3 Å². The topological polar surface area (TPSA) is 40.5 Å². The van der Waals surface area contributed by atoms with E-state index in [1.807, 2.05) is 31.2 Å². The fourth-order valence-corrected chi connectivity index (χ4v) is 3.70. The number of rotatable bonds is 6. The van der Waals surface area contributed by atoms with Crippen LogP contribution in [0.4, 0.5) is 0 Å². The van der Waals surface area contributed by atoms with Gasteiger partial charge in [0.25, 0.3) is 0 Å². The van der Waals surface area contributed by atoms with E-state index in [4.69, 9.17) is 9.47 Å². The molecule has 4 nitrogen and oxygen atoms in total. The number of nitrogens with zero attached hydrogens (tertiary/aromatic N) is 1. The van der Waals surface area contributed by atoms with E-state index in [1.54, 1.807) is 13.2 Å². The molecular formula is C20H25NO3. The van der Waals surface area contributed by atoms with Crippen LogP contribution < -0.4 is 9.47 Å². The first-order valence-corrected chi connectivity index (χ1v) is 8.58. The Kier molecular flexibility index (Phi) is 4.93. The summed E-state index contributed by atoms with van der Waals surface area (Å²) >= 11 is 0. The lowest BCUT2D eigenvalue weighted by atomic mass is 10.1. The van der Waals surface area contributed by atoms with Gasteiger partial charge in [0.05, 0.1) is 7.11 Å². The second-order valence-corrected chi connectivity index (χ2v) is 6.48. The van der Waals surface area contributed by atoms with Crippen LogP contribution in [-0.4, -0.2) is 24.1 Å². The van der Waals surface area contributed by atoms with Crippen LogP contribution in [0, 0.1) is 13.8 Å². The molecule has 0 unspecified atom stereocenters. The van der Waals surface area contributed by atoms with Crippen molar-refractivity contribution in [3.63, 3.8) is 0 Å². The number of hydrogen-bond acceptors (Lipinski definition) is 3. The SMILES string of the molecule is COc1cccc(OCC(=O)c2cc(C)n(C3CCCC3)c2C)c1. The number of methoxy groups -OCH3 is 1. The Labute approximate surface area is 143 Å². The molecule has 3 rings (SSSR count). The zero-order valence-corrected chi connectivity index (χ0v) is 14.7. The molecule has 1 heterocycles. The molecular weight excluding hydrogens is 302 g/mol. The molecule has 1 aromatic heterocycles. The van der Waals surface area contributed by atoms with Crippen LogP contribution in [0.3, 0.4) is 0 Å². The van der Waals surface area contributed by atoms with E-state index in [-0.39, 0.29) is 12.4 Å². The summed E-state index contributed by atoms with van der Waals surface area (Å²) in [6, 6.07) is 9.87. The Morgan fingerprint density at radius 2 is 1.88 bits per heavy atom. The lowest BCUT2D eigenvalue weighted by molar-refractivity contribution is 0.0920. The number of benzene rings is 1. The monoisotopic (exact) mass is 327 g/mol. The van der Waals surface area contributed by atoms with Gasteiger partial charge in [0.15, 0.2) is 6.61 Å². The van der Waals surface area contributed by atoms with Crippen LogP contribution in [-0.2, 0) is 0 Å². The number of aromatic nitrogens is 1. The molecule has 1 aliphatic carbocycles. The highest BCUT2D eigenvalue weighted by Gasteiger charge is 2.23. The maximum Gasteiger partial charge on any atom is 0.202 e. The van der Waals surface area contributed by atoms with Gasteiger partial charge in [-0.15, -0.1) is 0 Å². The number of Topliss-reactive ketones (excluding diaryl/α,β-unsaturated/α-hetero) is 1. The van der Waals surface area contributed by atoms with E-state index in [0.717, 1.165) is 17.0 Å². The number of hydrogen-bond donors (Lipinski definition) is 0. The van der Waals surface area contributed by atoms with Gasteiger partial charge in [0.2, 0.25) is 5.78 Å². The smallest absolute Gasteiger partial charge is 0.202 e. The van der Waals surface area contributed by atoms with Crippen molar-refractivity contribution in [2.24, 2.45) is 0 Å². The van der Waals surface area contributed by atoms with Crippen LogP contribution in [0.1, 0.15) is 53.5 Å². The molecule has 128 valence electrons. The molecule has 1 aliphatic rings. The van der Waals surface area contributed by atoms with Gasteiger partial charge in [-0.3, -0.25) is 4.79 Å². The average Bonchev–Trinajstić information content (AvgIpc) is 3.20. The van der Waals surface area contributed by atoms with E-state index in [0.29, 0.717) is 11.8 Å². The lowest BCUT2D eigenvalue weighted by Crippen LogP contribution is -2.14. The number of ketones is 1. The van der Waals surface area contributed by atoms with E-state index in [1.165, 1.54) is 31.4 Å². The van der Waals surface area contributed by atoms with Crippen molar-refractivity contribution in [2.45, 2.75) is 45.6 Å². The molecule has 0 atom stereocenters. The van der Waals surface area contributed by atoms with E-state index >= 15 is 0 Å². The number of carbonyl (C=O) groups excluding carboxylic acids is 1. The quantitative estimate of drug-likeness (QED) is 0.734. The second-order valence-electron chi connectivity index (χ2n) is 6.48. The fourth-order valence-electron chi connectivity index (χ4n) is 3.70. The van der Waals surface area contributed by atoms with Crippen molar-refractivity contribution in [1.29, 1.82) is 0 Å². The summed E-state index contributed by atoms with van der Waals surface area (Å²) in [5.74, 6) is 1.39. The van der Waals surface area contributed by atoms with Gasteiger partial charge in [-0.2, -0.15) is 0 Å². The van der Waals surface area contributed by atoms with E-state index in [9.17, 15) is 4.79 Å². The molecule has 0 spiro atoms. The van der Waals surface area contributed by atoms with Crippen LogP contribution in [0.15, 0.2) is 30.3 Å². The summed E-state index contributed by atoms with van der Waals surface area (Å²) in [5.41, 5.74) is 3.02. The van der Waals surface area contributed by atoms with Crippen LogP contribution in [0.5, 0.6) is 11.5 Å². The third-order valence-electron chi connectivity index (χ3n) is 4.89.